The average Bonchev–Trinajstić information content (AvgIpc) is 3.37. The highest BCUT2D eigenvalue weighted by molar-refractivity contribution is 6.00. The molecular formula is C18H16N4O5. The highest BCUT2D eigenvalue weighted by Gasteiger charge is 2.30. The average molecular weight is 368 g/mol. The minimum atomic E-state index is -0.689. The lowest BCUT2D eigenvalue weighted by atomic mass is 10.2. The van der Waals surface area contributed by atoms with Crippen molar-refractivity contribution in [3.05, 3.63) is 29.6 Å². The van der Waals surface area contributed by atoms with Gasteiger partial charge in [0.1, 0.15) is 6.07 Å². The maximum atomic E-state index is 12.3. The maximum Gasteiger partial charge on any atom is 0.357 e. The normalized spacial score (nSPS) is 15.1. The first kappa shape index (κ1) is 16.8. The fourth-order valence-electron chi connectivity index (χ4n) is 3.34. The Morgan fingerprint density at radius 2 is 2.00 bits per heavy atom. The minimum Gasteiger partial charge on any atom is -0.464 e. The van der Waals surface area contributed by atoms with Gasteiger partial charge in [0.25, 0.3) is 0 Å². The van der Waals surface area contributed by atoms with Gasteiger partial charge in [0.15, 0.2) is 17.2 Å². The quantitative estimate of drug-likeness (QED) is 0.817. The third kappa shape index (κ3) is 2.54. The number of amides is 1. The molecule has 138 valence electrons. The first-order chi connectivity index (χ1) is 13.0. The number of carbonyl (C=O) groups excluding carboxylic acids is 2. The minimum absolute atomic E-state index is 0.0146. The van der Waals surface area contributed by atoms with Gasteiger partial charge in [0, 0.05) is 31.3 Å². The van der Waals surface area contributed by atoms with Crippen molar-refractivity contribution in [3.8, 4) is 23.3 Å². The van der Waals surface area contributed by atoms with Crippen LogP contribution in [0.1, 0.15) is 28.9 Å². The Morgan fingerprint density at radius 3 is 2.59 bits per heavy atom. The second-order valence-corrected chi connectivity index (χ2v) is 6.12. The summed E-state index contributed by atoms with van der Waals surface area (Å²) in [6.07, 6.45) is 2.62. The van der Waals surface area contributed by atoms with Crippen molar-refractivity contribution in [2.24, 2.45) is 0 Å². The van der Waals surface area contributed by atoms with E-state index in [2.05, 4.69) is 0 Å². The van der Waals surface area contributed by atoms with Gasteiger partial charge in [-0.25, -0.2) is 4.79 Å². The molecule has 1 fully saturated rings. The van der Waals surface area contributed by atoms with Crippen molar-refractivity contribution >= 4 is 23.3 Å². The molecule has 1 aromatic carbocycles. The van der Waals surface area contributed by atoms with E-state index in [1.54, 1.807) is 17.0 Å². The number of methoxy groups -OCH3 is 1. The third-order valence-corrected chi connectivity index (χ3v) is 4.64. The smallest absolute Gasteiger partial charge is 0.357 e. The van der Waals surface area contributed by atoms with Crippen LogP contribution in [0.25, 0.3) is 5.69 Å². The second kappa shape index (κ2) is 6.25. The zero-order valence-corrected chi connectivity index (χ0v) is 14.5. The number of ether oxygens (including phenoxy) is 3. The number of hydrogen-bond donors (Lipinski definition) is 1. The topological polar surface area (TPSA) is 120 Å². The number of hydrogen-bond acceptors (Lipinski definition) is 7. The Bertz CT molecular complexity index is 1000. The van der Waals surface area contributed by atoms with Gasteiger partial charge in [-0.3, -0.25) is 4.79 Å². The Morgan fingerprint density at radius 1 is 1.30 bits per heavy atom. The molecule has 0 bridgehead atoms. The van der Waals surface area contributed by atoms with Gasteiger partial charge >= 0.3 is 5.97 Å². The van der Waals surface area contributed by atoms with E-state index in [-0.39, 0.29) is 29.6 Å². The molecule has 3 heterocycles. The van der Waals surface area contributed by atoms with Gasteiger partial charge in [-0.2, -0.15) is 5.26 Å². The van der Waals surface area contributed by atoms with Crippen LogP contribution in [0.4, 0.5) is 11.4 Å². The van der Waals surface area contributed by atoms with E-state index in [9.17, 15) is 14.9 Å². The summed E-state index contributed by atoms with van der Waals surface area (Å²) < 4.78 is 17.2. The molecule has 27 heavy (non-hydrogen) atoms. The number of nitriles is 1. The molecule has 2 aliphatic rings. The molecule has 1 aromatic heterocycles. The van der Waals surface area contributed by atoms with E-state index >= 15 is 0 Å². The van der Waals surface area contributed by atoms with Gasteiger partial charge in [0.05, 0.1) is 29.7 Å². The zero-order chi connectivity index (χ0) is 19.1. The van der Waals surface area contributed by atoms with Crippen LogP contribution in [0.2, 0.25) is 0 Å². The lowest BCUT2D eigenvalue weighted by molar-refractivity contribution is -0.117. The predicted molar refractivity (Wildman–Crippen MR) is 93.9 cm³/mol. The molecule has 0 spiro atoms. The van der Waals surface area contributed by atoms with E-state index in [0.29, 0.717) is 35.8 Å². The molecule has 4 rings (SSSR count). The number of benzene rings is 1. The molecule has 2 N–H and O–H groups in total. The molecular weight excluding hydrogens is 352 g/mol. The summed E-state index contributed by atoms with van der Waals surface area (Å²) in [5.41, 5.74) is 7.17. The fourth-order valence-corrected chi connectivity index (χ4v) is 3.34. The highest BCUT2D eigenvalue weighted by atomic mass is 16.7. The molecule has 0 atom stereocenters. The summed E-state index contributed by atoms with van der Waals surface area (Å²) in [4.78, 5) is 26.3. The number of carbonyl (C=O) groups is 2. The number of anilines is 2. The fraction of sp³-hybridized carbons (Fsp3) is 0.278. The number of aromatic nitrogens is 1. The Kier molecular flexibility index (Phi) is 3.88. The van der Waals surface area contributed by atoms with Crippen molar-refractivity contribution in [2.45, 2.75) is 12.8 Å². The molecule has 2 aromatic rings. The van der Waals surface area contributed by atoms with Crippen molar-refractivity contribution in [1.82, 2.24) is 4.57 Å². The Labute approximate surface area is 154 Å². The van der Waals surface area contributed by atoms with Crippen LogP contribution in [0.3, 0.4) is 0 Å². The van der Waals surface area contributed by atoms with E-state index in [1.165, 1.54) is 17.9 Å². The molecule has 0 aliphatic carbocycles. The predicted octanol–water partition coefficient (Wildman–Crippen LogP) is 1.57. The number of nitrogen functional groups attached to an aromatic ring is 1. The largest absolute Gasteiger partial charge is 0.464 e. The summed E-state index contributed by atoms with van der Waals surface area (Å²) in [6.45, 7) is 0.605. The monoisotopic (exact) mass is 368 g/mol. The molecule has 0 radical (unpaired) electrons. The number of rotatable bonds is 3. The summed E-state index contributed by atoms with van der Waals surface area (Å²) in [7, 11) is 1.23. The van der Waals surface area contributed by atoms with Crippen molar-refractivity contribution < 1.29 is 23.8 Å². The van der Waals surface area contributed by atoms with E-state index in [4.69, 9.17) is 19.9 Å². The summed E-state index contributed by atoms with van der Waals surface area (Å²) in [6, 6.07) is 5.33. The molecule has 0 saturated carbocycles. The van der Waals surface area contributed by atoms with Crippen molar-refractivity contribution in [2.75, 3.05) is 31.1 Å². The molecule has 0 unspecified atom stereocenters. The molecule has 9 heteroatoms. The number of fused-ring (bicyclic) bond motifs is 1. The number of nitrogens with two attached hydrogens (primary N) is 1. The van der Waals surface area contributed by atoms with E-state index in [0.717, 1.165) is 6.42 Å². The van der Waals surface area contributed by atoms with Crippen molar-refractivity contribution in [3.63, 3.8) is 0 Å². The second-order valence-electron chi connectivity index (χ2n) is 6.12. The molecule has 9 nitrogen and oxygen atoms in total. The Balaban J connectivity index is 1.98. The van der Waals surface area contributed by atoms with Crippen LogP contribution in [-0.2, 0) is 9.53 Å². The third-order valence-electron chi connectivity index (χ3n) is 4.64. The Hall–Kier alpha value is -3.67. The zero-order valence-electron chi connectivity index (χ0n) is 14.5. The van der Waals surface area contributed by atoms with Gasteiger partial charge in [-0.05, 0) is 6.42 Å². The standard InChI is InChI=1S/C18H16N4O5/c1-25-18(24)17-16(20)10(7-19)8-22(17)12-6-14-13(26-9-27-14)5-11(12)21-4-2-3-15(21)23/h5-6,8H,2-4,9,20H2,1H3. The van der Waals surface area contributed by atoms with Crippen molar-refractivity contribution in [1.29, 1.82) is 5.26 Å². The van der Waals surface area contributed by atoms with E-state index < -0.39 is 5.97 Å². The SMILES string of the molecule is COC(=O)c1c(N)c(C#N)cn1-c1cc2c(cc1N1CCCC1=O)OCO2. The first-order valence-electron chi connectivity index (χ1n) is 8.28. The summed E-state index contributed by atoms with van der Waals surface area (Å²) in [5.74, 6) is 0.261. The highest BCUT2D eigenvalue weighted by Crippen LogP contribution is 2.42. The summed E-state index contributed by atoms with van der Waals surface area (Å²) in [5, 5.41) is 9.33. The van der Waals surface area contributed by atoms with Crippen LogP contribution >= 0.6 is 0 Å². The van der Waals surface area contributed by atoms with Crippen LogP contribution < -0.4 is 20.1 Å². The lowest BCUT2D eigenvalue weighted by Crippen LogP contribution is -2.25. The van der Waals surface area contributed by atoms with Gasteiger partial charge in [-0.15, -0.1) is 0 Å². The van der Waals surface area contributed by atoms with Crippen LogP contribution in [0, 0.1) is 11.3 Å². The van der Waals surface area contributed by atoms with Gasteiger partial charge in [-0.1, -0.05) is 0 Å². The number of nitrogens with zero attached hydrogens (tertiary/aromatic N) is 3. The van der Waals surface area contributed by atoms with E-state index in [1.807, 2.05) is 6.07 Å². The van der Waals surface area contributed by atoms with Crippen LogP contribution in [0.15, 0.2) is 18.3 Å². The van der Waals surface area contributed by atoms with Gasteiger partial charge in [0.2, 0.25) is 12.7 Å². The molecule has 1 amide bonds. The lowest BCUT2D eigenvalue weighted by Gasteiger charge is -2.21. The number of esters is 1. The molecule has 1 saturated heterocycles. The van der Waals surface area contributed by atoms with Crippen LogP contribution in [0.5, 0.6) is 11.5 Å². The summed E-state index contributed by atoms with van der Waals surface area (Å²) >= 11 is 0. The maximum absolute atomic E-state index is 12.3. The first-order valence-corrected chi connectivity index (χ1v) is 8.28. The van der Waals surface area contributed by atoms with Crippen LogP contribution in [-0.4, -0.2) is 36.9 Å². The molecule has 2 aliphatic heterocycles. The van der Waals surface area contributed by atoms with Gasteiger partial charge < -0.3 is 29.4 Å².